The maximum Gasteiger partial charge on any atom is 0.0666 e. The molecule has 1 aliphatic carbocycles. The van der Waals surface area contributed by atoms with Gasteiger partial charge in [0.25, 0.3) is 0 Å². The predicted octanol–water partition coefficient (Wildman–Crippen LogP) is 7.96. The average Bonchev–Trinajstić information content (AvgIpc) is 3.44. The van der Waals surface area contributed by atoms with Crippen molar-refractivity contribution in [2.75, 3.05) is 45.2 Å². The predicted molar refractivity (Wildman–Crippen MR) is 178 cm³/mol. The largest absolute Gasteiger partial charge is 0.388 e. The summed E-state index contributed by atoms with van der Waals surface area (Å²) in [4.78, 5) is 12.9. The SMILES string of the molecule is C=C\C(=C/C(=C\C)C(/C)=C/C=C(/NC)C(=C)C(=C)c1cc2c(N3CCN(C)CC3)cncc2[nH]1)CC1CCCCC1. The maximum atomic E-state index is 4.52. The van der Waals surface area contributed by atoms with Gasteiger partial charge < -0.3 is 20.1 Å². The minimum absolute atomic E-state index is 0.790. The number of aromatic nitrogens is 2. The minimum atomic E-state index is 0.790. The molecule has 0 atom stereocenters. The number of pyridine rings is 1. The Morgan fingerprint density at radius 3 is 2.49 bits per heavy atom. The van der Waals surface area contributed by atoms with Crippen molar-refractivity contribution in [1.82, 2.24) is 20.2 Å². The standard InChI is InChI=1S/C36H49N5/c1-8-29(21-30-13-11-10-12-14-30)22-31(9-2)26(3)15-16-33(37-6)27(4)28(5)34-23-32-35(39-34)24-38-25-36(32)41-19-17-40(7)18-20-41/h8-9,15-16,22-25,30,37,39H,1,4-5,10-14,17-21H2,2-3,6-7H3/b26-15+,29-22+,31-9+,33-16+. The zero-order chi connectivity index (χ0) is 29.4. The van der Waals surface area contributed by atoms with Gasteiger partial charge in [-0.1, -0.05) is 76.1 Å². The van der Waals surface area contributed by atoms with Gasteiger partial charge in [0.15, 0.2) is 0 Å². The molecule has 2 aromatic heterocycles. The number of aromatic amines is 1. The van der Waals surface area contributed by atoms with Crippen LogP contribution in [0.1, 0.15) is 58.1 Å². The van der Waals surface area contributed by atoms with Crippen molar-refractivity contribution in [3.63, 3.8) is 0 Å². The van der Waals surface area contributed by atoms with Gasteiger partial charge in [-0.25, -0.2) is 0 Å². The molecular weight excluding hydrogens is 502 g/mol. The van der Waals surface area contributed by atoms with E-state index in [1.807, 2.05) is 25.5 Å². The lowest BCUT2D eigenvalue weighted by Gasteiger charge is -2.34. The van der Waals surface area contributed by atoms with Gasteiger partial charge in [-0.3, -0.25) is 4.98 Å². The molecule has 41 heavy (non-hydrogen) atoms. The van der Waals surface area contributed by atoms with E-state index >= 15 is 0 Å². The van der Waals surface area contributed by atoms with E-state index in [0.29, 0.717) is 0 Å². The summed E-state index contributed by atoms with van der Waals surface area (Å²) in [6.45, 7) is 21.3. The molecule has 0 unspecified atom stereocenters. The van der Waals surface area contributed by atoms with Crippen LogP contribution in [0.5, 0.6) is 0 Å². The van der Waals surface area contributed by atoms with Crippen LogP contribution in [0.2, 0.25) is 0 Å². The summed E-state index contributed by atoms with van der Waals surface area (Å²) in [6.07, 6.45) is 22.6. The summed E-state index contributed by atoms with van der Waals surface area (Å²) < 4.78 is 0. The molecule has 3 heterocycles. The average molecular weight is 552 g/mol. The topological polar surface area (TPSA) is 47.2 Å². The summed E-state index contributed by atoms with van der Waals surface area (Å²) in [5, 5.41) is 4.51. The van der Waals surface area contributed by atoms with Crippen molar-refractivity contribution in [3.8, 4) is 0 Å². The summed E-state index contributed by atoms with van der Waals surface area (Å²) >= 11 is 0. The van der Waals surface area contributed by atoms with Gasteiger partial charge >= 0.3 is 0 Å². The first-order chi connectivity index (χ1) is 19.8. The zero-order valence-electron chi connectivity index (χ0n) is 25.7. The third-order valence-electron chi connectivity index (χ3n) is 8.77. The van der Waals surface area contributed by atoms with Crippen LogP contribution in [0.15, 0.2) is 96.6 Å². The summed E-state index contributed by atoms with van der Waals surface area (Å²) in [5.41, 5.74) is 9.59. The molecule has 0 radical (unpaired) electrons. The fraction of sp³-hybridized carbons (Fsp3) is 0.417. The van der Waals surface area contributed by atoms with E-state index in [0.717, 1.165) is 66.6 Å². The fourth-order valence-corrected chi connectivity index (χ4v) is 6.01. The number of H-pyrrole nitrogens is 1. The Kier molecular flexibility index (Phi) is 10.6. The number of anilines is 1. The number of likely N-dealkylation sites (N-methyl/N-ethyl adjacent to an activating group) is 2. The van der Waals surface area contributed by atoms with Crippen LogP contribution >= 0.6 is 0 Å². The summed E-state index contributed by atoms with van der Waals surface area (Å²) in [7, 11) is 4.11. The number of allylic oxidation sites excluding steroid dienone is 9. The Hall–Kier alpha value is -3.57. The van der Waals surface area contributed by atoms with Crippen molar-refractivity contribution in [2.45, 2.75) is 52.4 Å². The quantitative estimate of drug-likeness (QED) is 0.278. The summed E-state index contributed by atoms with van der Waals surface area (Å²) in [5.74, 6) is 0.790. The highest BCUT2D eigenvalue weighted by Gasteiger charge is 2.19. The van der Waals surface area contributed by atoms with Gasteiger partial charge in [0.2, 0.25) is 0 Å². The van der Waals surface area contributed by atoms with Gasteiger partial charge in [0.05, 0.1) is 23.6 Å². The first-order valence-corrected chi connectivity index (χ1v) is 15.2. The third kappa shape index (κ3) is 7.59. The highest BCUT2D eigenvalue weighted by Crippen LogP contribution is 2.33. The number of fused-ring (bicyclic) bond motifs is 1. The van der Waals surface area contributed by atoms with Crippen LogP contribution in [0.4, 0.5) is 5.69 Å². The molecule has 5 heteroatoms. The van der Waals surface area contributed by atoms with Crippen LogP contribution in [-0.4, -0.2) is 55.1 Å². The molecule has 1 aliphatic heterocycles. The van der Waals surface area contributed by atoms with Gasteiger partial charge in [-0.05, 0) is 73.2 Å². The number of rotatable bonds is 11. The number of hydrogen-bond acceptors (Lipinski definition) is 4. The van der Waals surface area contributed by atoms with Gasteiger partial charge in [0.1, 0.15) is 0 Å². The lowest BCUT2D eigenvalue weighted by Crippen LogP contribution is -2.44. The van der Waals surface area contributed by atoms with Crippen molar-refractivity contribution >= 4 is 22.2 Å². The zero-order valence-corrected chi connectivity index (χ0v) is 25.7. The molecular formula is C36H49N5. The lowest BCUT2D eigenvalue weighted by atomic mass is 9.84. The van der Waals surface area contributed by atoms with E-state index in [2.05, 4.69) is 96.1 Å². The normalized spacial score (nSPS) is 18.6. The Bertz CT molecular complexity index is 1370. The molecule has 218 valence electrons. The first kappa shape index (κ1) is 30.4. The Morgan fingerprint density at radius 1 is 1.10 bits per heavy atom. The van der Waals surface area contributed by atoms with Crippen LogP contribution in [0.25, 0.3) is 16.5 Å². The van der Waals surface area contributed by atoms with E-state index in [1.165, 1.54) is 59.9 Å². The van der Waals surface area contributed by atoms with Crippen LogP contribution in [0, 0.1) is 5.92 Å². The molecule has 0 bridgehead atoms. The second-order valence-corrected chi connectivity index (χ2v) is 11.6. The third-order valence-corrected chi connectivity index (χ3v) is 8.77. The Morgan fingerprint density at radius 2 is 1.83 bits per heavy atom. The van der Waals surface area contributed by atoms with E-state index in [9.17, 15) is 0 Å². The second-order valence-electron chi connectivity index (χ2n) is 11.6. The number of nitrogens with zero attached hydrogens (tertiary/aromatic N) is 3. The monoisotopic (exact) mass is 551 g/mol. The Balaban J connectivity index is 1.50. The highest BCUT2D eigenvalue weighted by atomic mass is 15.2. The van der Waals surface area contributed by atoms with Crippen molar-refractivity contribution in [2.24, 2.45) is 5.92 Å². The second kappa shape index (κ2) is 14.4. The van der Waals surface area contributed by atoms with E-state index in [1.54, 1.807) is 0 Å². The van der Waals surface area contributed by atoms with Gasteiger partial charge in [-0.2, -0.15) is 0 Å². The molecule has 1 saturated carbocycles. The number of hydrogen-bond donors (Lipinski definition) is 2. The number of nitrogens with one attached hydrogen (secondary N) is 2. The summed E-state index contributed by atoms with van der Waals surface area (Å²) in [6, 6.07) is 2.19. The molecule has 0 spiro atoms. The molecule has 2 aliphatic rings. The van der Waals surface area contributed by atoms with E-state index in [-0.39, 0.29) is 0 Å². The Labute approximate surface area is 247 Å². The van der Waals surface area contributed by atoms with Crippen LogP contribution in [-0.2, 0) is 0 Å². The molecule has 0 amide bonds. The molecule has 2 fully saturated rings. The molecule has 2 N–H and O–H groups in total. The smallest absolute Gasteiger partial charge is 0.0666 e. The maximum absolute atomic E-state index is 4.52. The lowest BCUT2D eigenvalue weighted by molar-refractivity contribution is 0.313. The minimum Gasteiger partial charge on any atom is -0.388 e. The molecule has 2 aromatic rings. The van der Waals surface area contributed by atoms with Crippen LogP contribution < -0.4 is 10.2 Å². The van der Waals surface area contributed by atoms with Crippen molar-refractivity contribution in [3.05, 3.63) is 102 Å². The highest BCUT2D eigenvalue weighted by molar-refractivity contribution is 5.96. The van der Waals surface area contributed by atoms with E-state index in [4.69, 9.17) is 0 Å². The van der Waals surface area contributed by atoms with Gasteiger partial charge in [-0.15, -0.1) is 0 Å². The fourth-order valence-electron chi connectivity index (χ4n) is 6.01. The van der Waals surface area contributed by atoms with Gasteiger partial charge in [0, 0.05) is 50.0 Å². The molecule has 4 rings (SSSR count). The van der Waals surface area contributed by atoms with Crippen molar-refractivity contribution < 1.29 is 0 Å². The molecule has 5 nitrogen and oxygen atoms in total. The van der Waals surface area contributed by atoms with E-state index < -0.39 is 0 Å². The molecule has 0 aromatic carbocycles. The molecule has 1 saturated heterocycles. The first-order valence-electron chi connectivity index (χ1n) is 15.2. The van der Waals surface area contributed by atoms with Crippen molar-refractivity contribution in [1.29, 1.82) is 0 Å². The number of piperazine rings is 1. The van der Waals surface area contributed by atoms with Crippen LogP contribution in [0.3, 0.4) is 0 Å².